The van der Waals surface area contributed by atoms with Gasteiger partial charge in [0.2, 0.25) is 0 Å². The van der Waals surface area contributed by atoms with Crippen LogP contribution in [0.4, 0.5) is 0 Å². The van der Waals surface area contributed by atoms with Gasteiger partial charge in [0, 0.05) is 0 Å². The summed E-state index contributed by atoms with van der Waals surface area (Å²) in [5.74, 6) is 6.71. The van der Waals surface area contributed by atoms with Crippen molar-refractivity contribution in [2.24, 2.45) is 0 Å². The zero-order valence-electron chi connectivity index (χ0n) is 13.6. The van der Waals surface area contributed by atoms with Crippen molar-refractivity contribution in [2.75, 3.05) is 53.4 Å². The van der Waals surface area contributed by atoms with Crippen molar-refractivity contribution in [3.63, 3.8) is 0 Å². The van der Waals surface area contributed by atoms with Gasteiger partial charge in [0.05, 0.1) is 53.2 Å². The maximum absolute atomic E-state index is 3.36. The van der Waals surface area contributed by atoms with Crippen molar-refractivity contribution < 1.29 is 42.9 Å². The van der Waals surface area contributed by atoms with Crippen LogP contribution in [0.25, 0.3) is 0 Å². The summed E-state index contributed by atoms with van der Waals surface area (Å²) in [6, 6.07) is 0. The highest BCUT2D eigenvalue weighted by Crippen LogP contribution is 2.02. The van der Waals surface area contributed by atoms with Gasteiger partial charge in [-0.1, -0.05) is 5.92 Å². The highest BCUT2D eigenvalue weighted by Gasteiger charge is 2.15. The van der Waals surface area contributed by atoms with E-state index in [0.717, 1.165) is 21.9 Å². The van der Waals surface area contributed by atoms with Gasteiger partial charge in [-0.2, -0.15) is 0 Å². The molecule has 2 nitrogen and oxygen atoms in total. The Hall–Kier alpha value is 0.440. The van der Waals surface area contributed by atoms with Crippen LogP contribution in [-0.2, 0) is 0 Å². The van der Waals surface area contributed by atoms with Crippen molar-refractivity contribution >= 4 is 0 Å². The second kappa shape index (κ2) is 12.2. The van der Waals surface area contributed by atoms with Gasteiger partial charge in [0.15, 0.2) is 0 Å². The molecular weight excluding hydrogens is 368 g/mol. The van der Waals surface area contributed by atoms with Gasteiger partial charge in [-0.05, 0) is 33.6 Å². The van der Waals surface area contributed by atoms with Gasteiger partial charge in [0.25, 0.3) is 0 Å². The van der Waals surface area contributed by atoms with Crippen LogP contribution in [0.15, 0.2) is 0 Å². The Balaban J connectivity index is -0.00000128. The first-order valence-corrected chi connectivity index (χ1v) is 7.08. The Labute approximate surface area is 142 Å². The van der Waals surface area contributed by atoms with Crippen molar-refractivity contribution in [3.8, 4) is 11.8 Å². The topological polar surface area (TPSA) is 0 Å². The number of halogens is 2. The summed E-state index contributed by atoms with van der Waals surface area (Å²) in [6.45, 7) is 15.9. The molecule has 0 unspecified atom stereocenters. The molecule has 0 radical (unpaired) electrons. The van der Waals surface area contributed by atoms with Gasteiger partial charge in [0.1, 0.15) is 6.54 Å². The highest BCUT2D eigenvalue weighted by atomic mass is 79.9. The third-order valence-corrected chi connectivity index (χ3v) is 4.42. The Bertz CT molecular complexity index is 261. The van der Waals surface area contributed by atoms with E-state index in [0.29, 0.717) is 0 Å². The minimum atomic E-state index is 0. The van der Waals surface area contributed by atoms with Crippen LogP contribution in [-0.4, -0.2) is 62.3 Å². The molecule has 0 aliphatic heterocycles. The van der Waals surface area contributed by atoms with E-state index in [2.05, 4.69) is 53.6 Å². The average molecular weight is 400 g/mol. The molecule has 0 bridgehead atoms. The Morgan fingerprint density at radius 2 is 1.11 bits per heavy atom. The van der Waals surface area contributed by atoms with E-state index in [1.807, 2.05) is 0 Å². The van der Waals surface area contributed by atoms with Crippen molar-refractivity contribution in [3.05, 3.63) is 0 Å². The number of hydrogen-bond donors (Lipinski definition) is 0. The summed E-state index contributed by atoms with van der Waals surface area (Å²) >= 11 is 0. The quantitative estimate of drug-likeness (QED) is 0.306. The fourth-order valence-corrected chi connectivity index (χ4v) is 1.65. The highest BCUT2D eigenvalue weighted by molar-refractivity contribution is 4.99. The summed E-state index contributed by atoms with van der Waals surface area (Å²) in [5.41, 5.74) is 0. The molecule has 0 amide bonds. The zero-order chi connectivity index (χ0) is 13.4. The fourth-order valence-electron chi connectivity index (χ4n) is 1.65. The molecule has 0 atom stereocenters. The van der Waals surface area contributed by atoms with Crippen LogP contribution in [0.1, 0.15) is 34.1 Å². The molecule has 0 aromatic carbocycles. The van der Waals surface area contributed by atoms with E-state index in [4.69, 9.17) is 0 Å². The first kappa shape index (κ1) is 24.5. The van der Waals surface area contributed by atoms with E-state index < -0.39 is 0 Å². The number of hydrogen-bond acceptors (Lipinski definition) is 0. The monoisotopic (exact) mass is 398 g/mol. The third-order valence-electron chi connectivity index (χ3n) is 4.42. The molecule has 0 aromatic rings. The SMILES string of the molecule is CC[N+](C)(CC)CC#CCC[N+](C)(CC)CC.[Br-].[Br-]. The van der Waals surface area contributed by atoms with Crippen LogP contribution >= 0.6 is 0 Å². The minimum absolute atomic E-state index is 0. The largest absolute Gasteiger partial charge is 1.00 e. The molecule has 116 valence electrons. The molecule has 0 N–H and O–H groups in total. The van der Waals surface area contributed by atoms with Crippen molar-refractivity contribution in [1.82, 2.24) is 0 Å². The number of nitrogens with zero attached hydrogens (tertiary/aromatic N) is 2. The molecule has 0 spiro atoms. The second-order valence-electron chi connectivity index (χ2n) is 5.49. The Morgan fingerprint density at radius 3 is 1.47 bits per heavy atom. The standard InChI is InChI=1S/C15H32N2.2BrH/c1-7-16(5,8-2)14-12-11-13-15-17(6,9-3)10-4;;/h7-10,12,14-15H2,1-6H3;2*1H/q+2;;/p-2. The molecule has 0 saturated heterocycles. The van der Waals surface area contributed by atoms with Crippen molar-refractivity contribution in [1.29, 1.82) is 0 Å². The third kappa shape index (κ3) is 9.90. The van der Waals surface area contributed by atoms with Crippen LogP contribution in [0, 0.1) is 11.8 Å². The van der Waals surface area contributed by atoms with E-state index in [9.17, 15) is 0 Å². The summed E-state index contributed by atoms with van der Waals surface area (Å²) in [6.07, 6.45) is 1.03. The van der Waals surface area contributed by atoms with Gasteiger partial charge in [-0.15, -0.1) is 0 Å². The molecule has 0 aromatic heterocycles. The normalized spacial score (nSPS) is 10.8. The maximum Gasteiger partial charge on any atom is 0.140 e. The van der Waals surface area contributed by atoms with Gasteiger partial charge in [-0.25, -0.2) is 0 Å². The second-order valence-corrected chi connectivity index (χ2v) is 5.49. The molecular formula is C15H32Br2N2. The molecule has 0 fully saturated rings. The first-order valence-electron chi connectivity index (χ1n) is 7.08. The van der Waals surface area contributed by atoms with Crippen LogP contribution in [0.2, 0.25) is 0 Å². The summed E-state index contributed by atoms with van der Waals surface area (Å²) in [7, 11) is 4.60. The predicted molar refractivity (Wildman–Crippen MR) is 76.7 cm³/mol. The predicted octanol–water partition coefficient (Wildman–Crippen LogP) is -3.64. The fraction of sp³-hybridized carbons (Fsp3) is 0.867. The average Bonchev–Trinajstić information content (AvgIpc) is 2.37. The molecule has 4 heteroatoms. The molecule has 19 heavy (non-hydrogen) atoms. The van der Waals surface area contributed by atoms with Gasteiger partial charge >= 0.3 is 0 Å². The maximum atomic E-state index is 3.36. The molecule has 0 saturated carbocycles. The van der Waals surface area contributed by atoms with Crippen molar-refractivity contribution in [2.45, 2.75) is 34.1 Å². The van der Waals surface area contributed by atoms with E-state index in [-0.39, 0.29) is 34.0 Å². The first-order chi connectivity index (χ1) is 7.95. The summed E-state index contributed by atoms with van der Waals surface area (Å²) < 4.78 is 2.21. The van der Waals surface area contributed by atoms with Crippen LogP contribution in [0.5, 0.6) is 0 Å². The lowest BCUT2D eigenvalue weighted by Gasteiger charge is -2.31. The lowest BCUT2D eigenvalue weighted by atomic mass is 10.3. The summed E-state index contributed by atoms with van der Waals surface area (Å²) in [5, 5.41) is 0. The lowest BCUT2D eigenvalue weighted by Crippen LogP contribution is -3.00. The Kier molecular flexibility index (Phi) is 15.7. The van der Waals surface area contributed by atoms with E-state index in [1.165, 1.54) is 32.7 Å². The number of quaternary nitrogens is 2. The zero-order valence-corrected chi connectivity index (χ0v) is 16.8. The van der Waals surface area contributed by atoms with Crippen LogP contribution < -0.4 is 34.0 Å². The Morgan fingerprint density at radius 1 is 0.684 bits per heavy atom. The van der Waals surface area contributed by atoms with Gasteiger partial charge < -0.3 is 42.9 Å². The summed E-state index contributed by atoms with van der Waals surface area (Å²) in [4.78, 5) is 0. The van der Waals surface area contributed by atoms with E-state index in [1.54, 1.807) is 0 Å². The molecule has 0 aliphatic carbocycles. The number of rotatable bonds is 7. The van der Waals surface area contributed by atoms with Gasteiger partial charge in [-0.3, -0.25) is 0 Å². The smallest absolute Gasteiger partial charge is 0.140 e. The van der Waals surface area contributed by atoms with Crippen LogP contribution in [0.3, 0.4) is 0 Å². The molecule has 0 rings (SSSR count). The lowest BCUT2D eigenvalue weighted by molar-refractivity contribution is -0.905. The molecule has 0 heterocycles. The minimum Gasteiger partial charge on any atom is -1.00 e. The van der Waals surface area contributed by atoms with E-state index >= 15 is 0 Å². The molecule has 0 aliphatic rings.